The number of hydrogen-bond acceptors (Lipinski definition) is 3. The van der Waals surface area contributed by atoms with E-state index in [9.17, 15) is 9.59 Å². The second-order valence-corrected chi connectivity index (χ2v) is 7.85. The largest absolute Gasteiger partial charge is 0.385 e. The predicted molar refractivity (Wildman–Crippen MR) is 122 cm³/mol. The molecule has 0 aromatic carbocycles. The highest BCUT2D eigenvalue weighted by molar-refractivity contribution is 6.06. The molecule has 3 heteroatoms. The molecule has 3 aliphatic rings. The van der Waals surface area contributed by atoms with Crippen LogP contribution in [-0.4, -0.2) is 18.6 Å². The molecule has 0 amide bonds. The molecule has 0 aromatic rings. The van der Waals surface area contributed by atoms with Gasteiger partial charge in [-0.15, -0.1) is 6.42 Å². The molecule has 29 heavy (non-hydrogen) atoms. The van der Waals surface area contributed by atoms with Gasteiger partial charge in [0.25, 0.3) is 0 Å². The first-order valence-corrected chi connectivity index (χ1v) is 11.2. The van der Waals surface area contributed by atoms with E-state index in [1.165, 1.54) is 0 Å². The van der Waals surface area contributed by atoms with Gasteiger partial charge in [-0.3, -0.25) is 9.59 Å². The molecule has 0 spiro atoms. The number of hydrogen-bond donors (Lipinski definition) is 1. The fourth-order valence-corrected chi connectivity index (χ4v) is 5.17. The number of ketones is 2. The standard InChI is InChI=1S/C22H27NO2.2C2H6/c1-6-8-15-12-21(4)16(14(3)20(15)25)9-10-22(7-2)13-17(23-5)18(24)11-19(21)22;2*1-2/h2,11-14,16,23H,6,8-10H2,1,3-5H3;2*1-2H3. The summed E-state index contributed by atoms with van der Waals surface area (Å²) in [6, 6.07) is 0. The second-order valence-electron chi connectivity index (χ2n) is 7.85. The van der Waals surface area contributed by atoms with Crippen LogP contribution >= 0.6 is 0 Å². The van der Waals surface area contributed by atoms with Crippen LogP contribution in [0.5, 0.6) is 0 Å². The lowest BCUT2D eigenvalue weighted by molar-refractivity contribution is -0.123. The Morgan fingerprint density at radius 1 is 1.21 bits per heavy atom. The van der Waals surface area contributed by atoms with E-state index in [1.807, 2.05) is 40.7 Å². The molecule has 3 aliphatic carbocycles. The Hall–Kier alpha value is -2.08. The van der Waals surface area contributed by atoms with Crippen LogP contribution in [0.2, 0.25) is 0 Å². The van der Waals surface area contributed by atoms with E-state index in [1.54, 1.807) is 13.1 Å². The summed E-state index contributed by atoms with van der Waals surface area (Å²) in [5.41, 5.74) is 1.59. The van der Waals surface area contributed by atoms with Crippen LogP contribution in [0.1, 0.15) is 74.1 Å². The minimum Gasteiger partial charge on any atom is -0.385 e. The molecule has 160 valence electrons. The van der Waals surface area contributed by atoms with Gasteiger partial charge in [0, 0.05) is 18.4 Å². The zero-order chi connectivity index (χ0) is 22.4. The van der Waals surface area contributed by atoms with E-state index < -0.39 is 5.41 Å². The quantitative estimate of drug-likeness (QED) is 0.628. The van der Waals surface area contributed by atoms with E-state index in [0.29, 0.717) is 5.70 Å². The van der Waals surface area contributed by atoms with Crippen LogP contribution in [0.4, 0.5) is 0 Å². The number of carbonyl (C=O) groups is 2. The van der Waals surface area contributed by atoms with Crippen molar-refractivity contribution in [3.63, 3.8) is 0 Å². The number of rotatable bonds is 3. The zero-order valence-corrected chi connectivity index (χ0v) is 19.6. The van der Waals surface area contributed by atoms with Crippen LogP contribution in [0.25, 0.3) is 0 Å². The van der Waals surface area contributed by atoms with Gasteiger partial charge in [-0.05, 0) is 48.5 Å². The molecule has 4 unspecified atom stereocenters. The molecule has 4 atom stereocenters. The third-order valence-corrected chi connectivity index (χ3v) is 6.47. The molecule has 0 heterocycles. The van der Waals surface area contributed by atoms with Gasteiger partial charge in [-0.25, -0.2) is 0 Å². The third-order valence-electron chi connectivity index (χ3n) is 6.47. The van der Waals surface area contributed by atoms with Gasteiger partial charge in [0.2, 0.25) is 5.78 Å². The van der Waals surface area contributed by atoms with Crippen LogP contribution in [0.3, 0.4) is 0 Å². The molecule has 1 N–H and O–H groups in total. The highest BCUT2D eigenvalue weighted by Gasteiger charge is 2.55. The van der Waals surface area contributed by atoms with Crippen molar-refractivity contribution in [3.05, 3.63) is 35.1 Å². The summed E-state index contributed by atoms with van der Waals surface area (Å²) >= 11 is 0. The van der Waals surface area contributed by atoms with Crippen molar-refractivity contribution in [2.24, 2.45) is 22.7 Å². The average molecular weight is 398 g/mol. The first kappa shape index (κ1) is 25.0. The van der Waals surface area contributed by atoms with Crippen LogP contribution in [0, 0.1) is 35.0 Å². The minimum absolute atomic E-state index is 0.0276. The fourth-order valence-electron chi connectivity index (χ4n) is 5.17. The van der Waals surface area contributed by atoms with E-state index in [-0.39, 0.29) is 28.8 Å². The van der Waals surface area contributed by atoms with Crippen molar-refractivity contribution in [2.75, 3.05) is 7.05 Å². The molecule has 0 aromatic heterocycles. The number of allylic oxidation sites excluding steroid dienone is 5. The average Bonchev–Trinajstić information content (AvgIpc) is 2.75. The monoisotopic (exact) mass is 397 g/mol. The van der Waals surface area contributed by atoms with Crippen molar-refractivity contribution < 1.29 is 9.59 Å². The molecule has 0 aliphatic heterocycles. The van der Waals surface area contributed by atoms with Gasteiger partial charge in [0.05, 0.1) is 11.1 Å². The summed E-state index contributed by atoms with van der Waals surface area (Å²) in [5.74, 6) is 3.40. The van der Waals surface area contributed by atoms with E-state index in [4.69, 9.17) is 6.42 Å². The second kappa shape index (κ2) is 10.1. The Kier molecular flexibility index (Phi) is 8.69. The summed E-state index contributed by atoms with van der Waals surface area (Å²) in [6.45, 7) is 14.3. The summed E-state index contributed by atoms with van der Waals surface area (Å²) in [4.78, 5) is 25.3. The molecule has 3 nitrogen and oxygen atoms in total. The SMILES string of the molecule is C#CC12C=C(NC)C(=O)C=C1C1(C)C=C(CCC)C(=O)C(C)C1CC2.CC.CC. The smallest absolute Gasteiger partial charge is 0.201 e. The zero-order valence-electron chi connectivity index (χ0n) is 19.6. The van der Waals surface area contributed by atoms with Crippen molar-refractivity contribution in [1.82, 2.24) is 5.32 Å². The van der Waals surface area contributed by atoms with Crippen molar-refractivity contribution in [2.45, 2.75) is 74.1 Å². The summed E-state index contributed by atoms with van der Waals surface area (Å²) in [6.07, 6.45) is 15.2. The molecular weight excluding hydrogens is 358 g/mol. The van der Waals surface area contributed by atoms with Gasteiger partial charge in [-0.1, -0.05) is 66.9 Å². The summed E-state index contributed by atoms with van der Waals surface area (Å²) in [7, 11) is 1.75. The number of Topliss-reactive ketones (excluding diaryl/α,β-unsaturated/α-hetero) is 1. The van der Waals surface area contributed by atoms with Crippen molar-refractivity contribution >= 4 is 11.6 Å². The fraction of sp³-hybridized carbons (Fsp3) is 0.615. The maximum atomic E-state index is 12.8. The number of fused-ring (bicyclic) bond motifs is 3. The molecular formula is C26H39NO2. The number of nitrogens with one attached hydrogen (secondary N) is 1. The van der Waals surface area contributed by atoms with Crippen molar-refractivity contribution in [1.29, 1.82) is 0 Å². The number of carbonyl (C=O) groups excluding carboxylic acids is 2. The van der Waals surface area contributed by atoms with E-state index >= 15 is 0 Å². The van der Waals surface area contributed by atoms with Crippen LogP contribution in [0.15, 0.2) is 35.1 Å². The highest BCUT2D eigenvalue weighted by Crippen LogP contribution is 2.60. The third kappa shape index (κ3) is 4.13. The van der Waals surface area contributed by atoms with Gasteiger partial charge < -0.3 is 5.32 Å². The van der Waals surface area contributed by atoms with E-state index in [2.05, 4.69) is 31.2 Å². The summed E-state index contributed by atoms with van der Waals surface area (Å²) in [5, 5.41) is 2.98. The lowest BCUT2D eigenvalue weighted by Gasteiger charge is -2.54. The first-order valence-electron chi connectivity index (χ1n) is 11.2. The lowest BCUT2D eigenvalue weighted by atomic mass is 9.48. The highest BCUT2D eigenvalue weighted by atomic mass is 16.1. The van der Waals surface area contributed by atoms with Gasteiger partial charge in [0.15, 0.2) is 5.78 Å². The van der Waals surface area contributed by atoms with Gasteiger partial charge in [0.1, 0.15) is 0 Å². The maximum Gasteiger partial charge on any atom is 0.201 e. The van der Waals surface area contributed by atoms with Crippen LogP contribution < -0.4 is 5.32 Å². The Labute approximate surface area is 178 Å². The normalized spacial score (nSPS) is 32.4. The van der Waals surface area contributed by atoms with Crippen LogP contribution in [-0.2, 0) is 9.59 Å². The molecule has 1 fully saturated rings. The molecule has 0 saturated heterocycles. The molecule has 3 rings (SSSR count). The molecule has 1 saturated carbocycles. The molecule has 0 bridgehead atoms. The number of terminal acetylenes is 1. The summed E-state index contributed by atoms with van der Waals surface area (Å²) < 4.78 is 0. The minimum atomic E-state index is -0.536. The Morgan fingerprint density at radius 3 is 2.34 bits per heavy atom. The van der Waals surface area contributed by atoms with Gasteiger partial charge in [-0.2, -0.15) is 0 Å². The number of likely N-dealkylation sites (N-methyl/N-ethyl adjacent to an activating group) is 1. The molecule has 0 radical (unpaired) electrons. The Morgan fingerprint density at radius 2 is 1.83 bits per heavy atom. The predicted octanol–water partition coefficient (Wildman–Crippen LogP) is 5.63. The maximum absolute atomic E-state index is 12.8. The Balaban J connectivity index is 0.000000989. The van der Waals surface area contributed by atoms with E-state index in [0.717, 1.165) is 36.8 Å². The Bertz CT molecular complexity index is 764. The van der Waals surface area contributed by atoms with Crippen molar-refractivity contribution in [3.8, 4) is 12.3 Å². The lowest BCUT2D eigenvalue weighted by Crippen LogP contribution is -2.49. The first-order chi connectivity index (χ1) is 13.8. The van der Waals surface area contributed by atoms with Gasteiger partial charge >= 0.3 is 0 Å². The topological polar surface area (TPSA) is 46.2 Å².